The highest BCUT2D eigenvalue weighted by Gasteiger charge is 2.00. The number of nitrogens with one attached hydrogen (secondary N) is 1. The third-order valence-corrected chi connectivity index (χ3v) is 2.65. The van der Waals surface area contributed by atoms with Crippen molar-refractivity contribution >= 4 is 0 Å². The Bertz CT molecular complexity index is 497. The lowest BCUT2D eigenvalue weighted by Crippen LogP contribution is -2.23. The van der Waals surface area contributed by atoms with Gasteiger partial charge in [-0.25, -0.2) is 0 Å². The average molecular weight is 257 g/mol. The zero-order valence-electron chi connectivity index (χ0n) is 11.0. The summed E-state index contributed by atoms with van der Waals surface area (Å²) >= 11 is 0. The van der Waals surface area contributed by atoms with Crippen LogP contribution in [-0.4, -0.2) is 17.8 Å². The predicted octanol–water partition coefficient (Wildman–Crippen LogP) is 2.95. The number of aliphatic hydroxyl groups is 1. The van der Waals surface area contributed by atoms with Gasteiger partial charge in [-0.3, -0.25) is 0 Å². The molecule has 2 aromatic carbocycles. The first-order valence-electron chi connectivity index (χ1n) is 6.44. The Hall–Kier alpha value is -1.84. The Balaban J connectivity index is 1.95. The number of hydrogen-bond donors (Lipinski definition) is 2. The molecule has 2 aromatic rings. The maximum absolute atomic E-state index is 9.19. The van der Waals surface area contributed by atoms with Gasteiger partial charge in [0.25, 0.3) is 0 Å². The zero-order chi connectivity index (χ0) is 13.5. The van der Waals surface area contributed by atoms with Crippen molar-refractivity contribution in [2.75, 3.05) is 6.54 Å². The van der Waals surface area contributed by atoms with Crippen molar-refractivity contribution in [3.63, 3.8) is 0 Å². The van der Waals surface area contributed by atoms with Gasteiger partial charge in [0.2, 0.25) is 0 Å². The first-order valence-corrected chi connectivity index (χ1v) is 6.44. The van der Waals surface area contributed by atoms with Gasteiger partial charge in [0.1, 0.15) is 11.5 Å². The summed E-state index contributed by atoms with van der Waals surface area (Å²) in [7, 11) is 0. The molecule has 0 saturated heterocycles. The van der Waals surface area contributed by atoms with Crippen molar-refractivity contribution in [1.82, 2.24) is 5.32 Å². The summed E-state index contributed by atoms with van der Waals surface area (Å²) in [5.74, 6) is 1.65. The zero-order valence-corrected chi connectivity index (χ0v) is 11.0. The van der Waals surface area contributed by atoms with Crippen LogP contribution in [0, 0.1) is 0 Å². The van der Waals surface area contributed by atoms with Crippen LogP contribution >= 0.6 is 0 Å². The van der Waals surface area contributed by atoms with E-state index in [1.165, 1.54) is 0 Å². The molecule has 1 atom stereocenters. The van der Waals surface area contributed by atoms with Gasteiger partial charge in [-0.15, -0.1) is 0 Å². The molecule has 0 aliphatic rings. The molecule has 0 radical (unpaired) electrons. The van der Waals surface area contributed by atoms with E-state index in [2.05, 4.69) is 5.32 Å². The van der Waals surface area contributed by atoms with Gasteiger partial charge in [0, 0.05) is 13.1 Å². The molecule has 0 bridgehead atoms. The van der Waals surface area contributed by atoms with Gasteiger partial charge in [-0.1, -0.05) is 30.3 Å². The van der Waals surface area contributed by atoms with Gasteiger partial charge in [0.15, 0.2) is 0 Å². The van der Waals surface area contributed by atoms with Gasteiger partial charge in [-0.2, -0.15) is 0 Å². The number of ether oxygens (including phenoxy) is 1. The van der Waals surface area contributed by atoms with E-state index in [9.17, 15) is 5.11 Å². The van der Waals surface area contributed by atoms with Crippen LogP contribution in [0.2, 0.25) is 0 Å². The second kappa shape index (κ2) is 6.92. The Morgan fingerprint density at radius 1 is 1.05 bits per heavy atom. The van der Waals surface area contributed by atoms with Crippen LogP contribution in [0.5, 0.6) is 11.5 Å². The lowest BCUT2D eigenvalue weighted by molar-refractivity contribution is 0.191. The summed E-state index contributed by atoms with van der Waals surface area (Å²) in [5.41, 5.74) is 1.13. The topological polar surface area (TPSA) is 41.5 Å². The average Bonchev–Trinajstić information content (AvgIpc) is 2.40. The van der Waals surface area contributed by atoms with Crippen LogP contribution in [0.4, 0.5) is 0 Å². The molecule has 0 saturated carbocycles. The van der Waals surface area contributed by atoms with Crippen LogP contribution in [0.1, 0.15) is 12.5 Å². The monoisotopic (exact) mass is 257 g/mol. The largest absolute Gasteiger partial charge is 0.457 e. The van der Waals surface area contributed by atoms with E-state index < -0.39 is 0 Å². The molecule has 0 aromatic heterocycles. The van der Waals surface area contributed by atoms with E-state index >= 15 is 0 Å². The molecular formula is C16H19NO2. The summed E-state index contributed by atoms with van der Waals surface area (Å²) in [6.45, 7) is 3.07. The minimum Gasteiger partial charge on any atom is -0.457 e. The summed E-state index contributed by atoms with van der Waals surface area (Å²) in [6, 6.07) is 17.7. The van der Waals surface area contributed by atoms with Gasteiger partial charge in [-0.05, 0) is 36.8 Å². The smallest absolute Gasteiger partial charge is 0.127 e. The molecular weight excluding hydrogens is 238 g/mol. The summed E-state index contributed by atoms with van der Waals surface area (Å²) in [5, 5.41) is 12.4. The van der Waals surface area contributed by atoms with E-state index in [4.69, 9.17) is 4.74 Å². The molecule has 0 fully saturated rings. The highest BCUT2D eigenvalue weighted by Crippen LogP contribution is 2.21. The minimum absolute atomic E-state index is 0.330. The van der Waals surface area contributed by atoms with Gasteiger partial charge in [0.05, 0.1) is 6.10 Å². The second-order valence-electron chi connectivity index (χ2n) is 4.54. The summed E-state index contributed by atoms with van der Waals surface area (Å²) in [6.07, 6.45) is -0.330. The quantitative estimate of drug-likeness (QED) is 0.836. The first kappa shape index (κ1) is 13.6. The molecule has 0 aliphatic heterocycles. The van der Waals surface area contributed by atoms with Gasteiger partial charge >= 0.3 is 0 Å². The van der Waals surface area contributed by atoms with Crippen LogP contribution in [0.15, 0.2) is 54.6 Å². The maximum atomic E-state index is 9.19. The van der Waals surface area contributed by atoms with E-state index in [1.807, 2.05) is 54.6 Å². The maximum Gasteiger partial charge on any atom is 0.127 e. The molecule has 100 valence electrons. The highest BCUT2D eigenvalue weighted by atomic mass is 16.5. The van der Waals surface area contributed by atoms with E-state index in [-0.39, 0.29) is 6.10 Å². The molecule has 3 nitrogen and oxygen atoms in total. The Morgan fingerprint density at radius 2 is 1.79 bits per heavy atom. The van der Waals surface area contributed by atoms with Gasteiger partial charge < -0.3 is 15.2 Å². The first-order chi connectivity index (χ1) is 9.24. The lowest BCUT2D eigenvalue weighted by atomic mass is 10.2. The standard InChI is InChI=1S/C16H19NO2/c1-13(18)11-17-12-14-6-5-9-16(10-14)19-15-7-3-2-4-8-15/h2-10,13,17-18H,11-12H2,1H3. The van der Waals surface area contributed by atoms with Crippen molar-refractivity contribution in [1.29, 1.82) is 0 Å². The molecule has 0 amide bonds. The van der Waals surface area contributed by atoms with Crippen LogP contribution < -0.4 is 10.1 Å². The number of hydrogen-bond acceptors (Lipinski definition) is 3. The predicted molar refractivity (Wildman–Crippen MR) is 76.3 cm³/mol. The van der Waals surface area contributed by atoms with E-state index in [0.29, 0.717) is 6.54 Å². The Morgan fingerprint density at radius 3 is 2.53 bits per heavy atom. The Labute approximate surface area is 113 Å². The van der Waals surface area contributed by atoms with Crippen LogP contribution in [-0.2, 0) is 6.54 Å². The number of rotatable bonds is 6. The third kappa shape index (κ3) is 4.73. The molecule has 2 N–H and O–H groups in total. The fourth-order valence-corrected chi connectivity index (χ4v) is 1.77. The second-order valence-corrected chi connectivity index (χ2v) is 4.54. The lowest BCUT2D eigenvalue weighted by Gasteiger charge is -2.09. The minimum atomic E-state index is -0.330. The number of benzene rings is 2. The van der Waals surface area contributed by atoms with Crippen molar-refractivity contribution < 1.29 is 9.84 Å². The molecule has 0 aliphatic carbocycles. The summed E-state index contributed by atoms with van der Waals surface area (Å²) < 4.78 is 5.77. The molecule has 0 spiro atoms. The normalized spacial score (nSPS) is 12.1. The SMILES string of the molecule is CC(O)CNCc1cccc(Oc2ccccc2)c1. The third-order valence-electron chi connectivity index (χ3n) is 2.65. The number of para-hydroxylation sites is 1. The highest BCUT2D eigenvalue weighted by molar-refractivity contribution is 5.33. The molecule has 2 rings (SSSR count). The molecule has 0 heterocycles. The van der Waals surface area contributed by atoms with Crippen molar-refractivity contribution in [2.24, 2.45) is 0 Å². The van der Waals surface area contributed by atoms with Crippen LogP contribution in [0.3, 0.4) is 0 Å². The van der Waals surface area contributed by atoms with E-state index in [0.717, 1.165) is 23.6 Å². The van der Waals surface area contributed by atoms with Crippen molar-refractivity contribution in [3.8, 4) is 11.5 Å². The fourth-order valence-electron chi connectivity index (χ4n) is 1.77. The molecule has 19 heavy (non-hydrogen) atoms. The van der Waals surface area contributed by atoms with E-state index in [1.54, 1.807) is 6.92 Å². The van der Waals surface area contributed by atoms with Crippen LogP contribution in [0.25, 0.3) is 0 Å². The number of aliphatic hydroxyl groups excluding tert-OH is 1. The van der Waals surface area contributed by atoms with Crippen molar-refractivity contribution in [2.45, 2.75) is 19.6 Å². The summed E-state index contributed by atoms with van der Waals surface area (Å²) in [4.78, 5) is 0. The fraction of sp³-hybridized carbons (Fsp3) is 0.250. The Kier molecular flexibility index (Phi) is 4.95. The molecule has 3 heteroatoms. The van der Waals surface area contributed by atoms with Crippen molar-refractivity contribution in [3.05, 3.63) is 60.2 Å². The molecule has 1 unspecified atom stereocenters.